The summed E-state index contributed by atoms with van der Waals surface area (Å²) in [5, 5.41) is 3.27. The highest BCUT2D eigenvalue weighted by Crippen LogP contribution is 2.31. The van der Waals surface area contributed by atoms with Crippen LogP contribution in [0.3, 0.4) is 0 Å². The summed E-state index contributed by atoms with van der Waals surface area (Å²) in [6, 6.07) is 12.4. The summed E-state index contributed by atoms with van der Waals surface area (Å²) < 4.78 is 15.7. The van der Waals surface area contributed by atoms with Gasteiger partial charge in [0.2, 0.25) is 0 Å². The number of halogens is 1. The van der Waals surface area contributed by atoms with E-state index >= 15 is 0 Å². The molecule has 134 valence electrons. The van der Waals surface area contributed by atoms with Crippen molar-refractivity contribution in [1.82, 2.24) is 4.98 Å². The van der Waals surface area contributed by atoms with Gasteiger partial charge in [0.05, 0.1) is 30.5 Å². The number of hydrogen-bond donors (Lipinski definition) is 0. The molecule has 3 rings (SSSR count). The van der Waals surface area contributed by atoms with Gasteiger partial charge in [0.25, 0.3) is 0 Å². The Morgan fingerprint density at radius 3 is 2.62 bits per heavy atom. The van der Waals surface area contributed by atoms with E-state index in [9.17, 15) is 4.79 Å². The van der Waals surface area contributed by atoms with Crippen LogP contribution in [0.15, 0.2) is 47.8 Å². The molecule has 2 aromatic carbocycles. The third-order valence-corrected chi connectivity index (χ3v) is 4.88. The number of carbonyl (C=O) groups excluding carboxylic acids is 1. The minimum Gasteiger partial charge on any atom is -0.493 e. The fraction of sp³-hybridized carbons (Fsp3) is 0.158. The second-order valence-corrected chi connectivity index (χ2v) is 6.54. The van der Waals surface area contributed by atoms with Crippen molar-refractivity contribution in [2.45, 2.75) is 6.61 Å². The number of esters is 1. The second kappa shape index (κ2) is 8.21. The maximum Gasteiger partial charge on any atom is 0.338 e. The molecule has 7 heteroatoms. The number of methoxy groups -OCH3 is 2. The number of carbonyl (C=O) groups is 1. The molecule has 0 N–H and O–H groups in total. The Bertz CT molecular complexity index is 925. The molecule has 0 spiro atoms. The van der Waals surface area contributed by atoms with Gasteiger partial charge in [0.15, 0.2) is 11.5 Å². The number of rotatable bonds is 6. The molecular weight excluding hydrogens is 374 g/mol. The summed E-state index contributed by atoms with van der Waals surface area (Å²) >= 11 is 7.64. The molecule has 26 heavy (non-hydrogen) atoms. The molecule has 0 saturated carbocycles. The maximum atomic E-state index is 12.3. The van der Waals surface area contributed by atoms with E-state index in [0.29, 0.717) is 27.8 Å². The highest BCUT2D eigenvalue weighted by atomic mass is 35.5. The quantitative estimate of drug-likeness (QED) is 0.565. The van der Waals surface area contributed by atoms with Crippen LogP contribution in [0.5, 0.6) is 11.5 Å². The first-order valence-corrected chi connectivity index (χ1v) is 8.96. The number of benzene rings is 2. The number of hydrogen-bond acceptors (Lipinski definition) is 6. The second-order valence-electron chi connectivity index (χ2n) is 5.27. The van der Waals surface area contributed by atoms with E-state index in [1.165, 1.54) is 25.6 Å². The van der Waals surface area contributed by atoms with Crippen LogP contribution < -0.4 is 9.47 Å². The van der Waals surface area contributed by atoms with E-state index in [0.717, 1.165) is 10.6 Å². The molecule has 0 fully saturated rings. The lowest BCUT2D eigenvalue weighted by Gasteiger charge is -2.09. The Morgan fingerprint density at radius 1 is 1.12 bits per heavy atom. The van der Waals surface area contributed by atoms with Crippen molar-refractivity contribution in [3.05, 3.63) is 64.1 Å². The summed E-state index contributed by atoms with van der Waals surface area (Å²) in [5.74, 6) is 0.558. The predicted molar refractivity (Wildman–Crippen MR) is 101 cm³/mol. The smallest absolute Gasteiger partial charge is 0.338 e. The topological polar surface area (TPSA) is 57.7 Å². The van der Waals surface area contributed by atoms with Crippen LogP contribution >= 0.6 is 22.9 Å². The molecule has 0 atom stereocenters. The van der Waals surface area contributed by atoms with Crippen molar-refractivity contribution in [2.24, 2.45) is 0 Å². The van der Waals surface area contributed by atoms with Crippen LogP contribution in [0.2, 0.25) is 5.02 Å². The number of ether oxygens (including phenoxy) is 3. The van der Waals surface area contributed by atoms with Crippen LogP contribution in [0.4, 0.5) is 0 Å². The molecule has 0 aliphatic rings. The lowest BCUT2D eigenvalue weighted by Crippen LogP contribution is -2.06. The highest BCUT2D eigenvalue weighted by Gasteiger charge is 2.14. The van der Waals surface area contributed by atoms with Gasteiger partial charge in [0.1, 0.15) is 11.6 Å². The maximum absolute atomic E-state index is 12.3. The van der Waals surface area contributed by atoms with Gasteiger partial charge in [-0.25, -0.2) is 9.78 Å². The lowest BCUT2D eigenvalue weighted by molar-refractivity contribution is 0.0468. The Balaban J connectivity index is 1.68. The fourth-order valence-electron chi connectivity index (χ4n) is 2.32. The molecule has 0 saturated heterocycles. The van der Waals surface area contributed by atoms with Gasteiger partial charge in [-0.3, -0.25) is 0 Å². The Hall–Kier alpha value is -2.57. The van der Waals surface area contributed by atoms with Gasteiger partial charge in [-0.1, -0.05) is 29.8 Å². The summed E-state index contributed by atoms with van der Waals surface area (Å²) in [6.45, 7) is 0.0775. The summed E-state index contributed by atoms with van der Waals surface area (Å²) in [7, 11) is 3.05. The van der Waals surface area contributed by atoms with Crippen molar-refractivity contribution in [1.29, 1.82) is 0 Å². The molecule has 0 bridgehead atoms. The van der Waals surface area contributed by atoms with Gasteiger partial charge in [-0.05, 0) is 24.3 Å². The molecule has 3 aromatic rings. The Kier molecular flexibility index (Phi) is 5.75. The van der Waals surface area contributed by atoms with Crippen molar-refractivity contribution in [2.75, 3.05) is 14.2 Å². The third kappa shape index (κ3) is 3.98. The zero-order valence-corrected chi connectivity index (χ0v) is 15.8. The Labute approximate surface area is 160 Å². The van der Waals surface area contributed by atoms with E-state index in [1.807, 2.05) is 29.6 Å². The first-order chi connectivity index (χ1) is 12.6. The first-order valence-electron chi connectivity index (χ1n) is 7.71. The van der Waals surface area contributed by atoms with Crippen LogP contribution in [0, 0.1) is 0 Å². The molecule has 0 radical (unpaired) electrons. The predicted octanol–water partition coefficient (Wildman–Crippen LogP) is 4.84. The molecule has 1 aromatic heterocycles. The number of aromatic nitrogens is 1. The van der Waals surface area contributed by atoms with Crippen molar-refractivity contribution >= 4 is 28.9 Å². The van der Waals surface area contributed by atoms with Gasteiger partial charge in [0, 0.05) is 10.9 Å². The van der Waals surface area contributed by atoms with E-state index in [-0.39, 0.29) is 6.61 Å². The van der Waals surface area contributed by atoms with E-state index in [4.69, 9.17) is 25.8 Å². The molecule has 0 aliphatic carbocycles. The number of thiazole rings is 1. The third-order valence-electron chi connectivity index (χ3n) is 3.63. The van der Waals surface area contributed by atoms with Gasteiger partial charge < -0.3 is 14.2 Å². The van der Waals surface area contributed by atoms with Gasteiger partial charge >= 0.3 is 5.97 Å². The van der Waals surface area contributed by atoms with E-state index < -0.39 is 5.97 Å². The average molecular weight is 390 g/mol. The molecule has 0 unspecified atom stereocenters. The number of nitrogens with zero attached hydrogens (tertiary/aromatic N) is 1. The minimum absolute atomic E-state index is 0.0775. The molecule has 0 aliphatic heterocycles. The van der Waals surface area contributed by atoms with Crippen molar-refractivity contribution in [3.8, 4) is 22.1 Å². The highest BCUT2D eigenvalue weighted by molar-refractivity contribution is 7.13. The van der Waals surface area contributed by atoms with Crippen LogP contribution in [0.1, 0.15) is 16.1 Å². The van der Waals surface area contributed by atoms with Crippen molar-refractivity contribution < 1.29 is 19.0 Å². The molecule has 1 heterocycles. The summed E-state index contributed by atoms with van der Waals surface area (Å²) in [4.78, 5) is 16.7. The van der Waals surface area contributed by atoms with E-state index in [1.54, 1.807) is 18.2 Å². The molecule has 5 nitrogen and oxygen atoms in total. The first kappa shape index (κ1) is 18.2. The van der Waals surface area contributed by atoms with E-state index in [2.05, 4.69) is 4.98 Å². The van der Waals surface area contributed by atoms with Crippen LogP contribution in [-0.4, -0.2) is 25.2 Å². The average Bonchev–Trinajstić information content (AvgIpc) is 3.14. The zero-order chi connectivity index (χ0) is 18.5. The van der Waals surface area contributed by atoms with Gasteiger partial charge in [-0.2, -0.15) is 0 Å². The monoisotopic (exact) mass is 389 g/mol. The standard InChI is InChI=1S/C19H16ClNO4S/c1-23-16-8-7-12(9-17(16)24-2)19(22)25-10-13-11-26-18(21-13)14-5-3-4-6-15(14)20/h3-9,11H,10H2,1-2H3. The largest absolute Gasteiger partial charge is 0.493 e. The Morgan fingerprint density at radius 2 is 1.88 bits per heavy atom. The minimum atomic E-state index is -0.460. The van der Waals surface area contributed by atoms with Crippen LogP contribution in [0.25, 0.3) is 10.6 Å². The SMILES string of the molecule is COc1ccc(C(=O)OCc2csc(-c3ccccc3Cl)n2)cc1OC. The van der Waals surface area contributed by atoms with Crippen molar-refractivity contribution in [3.63, 3.8) is 0 Å². The summed E-state index contributed by atoms with van der Waals surface area (Å²) in [6.07, 6.45) is 0. The fourth-order valence-corrected chi connectivity index (χ4v) is 3.44. The lowest BCUT2D eigenvalue weighted by atomic mass is 10.2. The zero-order valence-electron chi connectivity index (χ0n) is 14.2. The molecule has 0 amide bonds. The normalized spacial score (nSPS) is 10.4. The van der Waals surface area contributed by atoms with Crippen LogP contribution in [-0.2, 0) is 11.3 Å². The summed E-state index contributed by atoms with van der Waals surface area (Å²) in [5.41, 5.74) is 1.90. The molecular formula is C19H16ClNO4S. The van der Waals surface area contributed by atoms with Gasteiger partial charge in [-0.15, -0.1) is 11.3 Å².